The van der Waals surface area contributed by atoms with E-state index >= 15 is 0 Å². The standard InChI is InChI=1S/C16H16ClNO2/c1-10-3-4-11(2)13(7-10)9-20-16(19)12-5-6-15(18)14(17)8-12/h3-8H,9,18H2,1-2H3. The Morgan fingerprint density at radius 3 is 2.65 bits per heavy atom. The highest BCUT2D eigenvalue weighted by Crippen LogP contribution is 2.20. The van der Waals surface area contributed by atoms with Gasteiger partial charge in [-0.15, -0.1) is 0 Å². The van der Waals surface area contributed by atoms with Gasteiger partial charge >= 0.3 is 5.97 Å². The monoisotopic (exact) mass is 289 g/mol. The molecular weight excluding hydrogens is 274 g/mol. The van der Waals surface area contributed by atoms with Gasteiger partial charge < -0.3 is 10.5 Å². The Labute approximate surface area is 123 Å². The van der Waals surface area contributed by atoms with Crippen LogP contribution in [0.25, 0.3) is 0 Å². The molecule has 2 N–H and O–H groups in total. The molecule has 2 aromatic rings. The summed E-state index contributed by atoms with van der Waals surface area (Å²) in [6.07, 6.45) is 0. The third-order valence-corrected chi connectivity index (χ3v) is 3.43. The van der Waals surface area contributed by atoms with Crippen molar-refractivity contribution in [3.8, 4) is 0 Å². The van der Waals surface area contributed by atoms with Gasteiger partial charge in [-0.1, -0.05) is 35.4 Å². The summed E-state index contributed by atoms with van der Waals surface area (Å²) in [6.45, 7) is 4.24. The fourth-order valence-electron chi connectivity index (χ4n) is 1.84. The van der Waals surface area contributed by atoms with Crippen LogP contribution in [-0.4, -0.2) is 5.97 Å². The topological polar surface area (TPSA) is 52.3 Å². The summed E-state index contributed by atoms with van der Waals surface area (Å²) in [5.74, 6) is -0.409. The third kappa shape index (κ3) is 3.31. The molecule has 0 amide bonds. The molecule has 3 nitrogen and oxygen atoms in total. The number of rotatable bonds is 3. The van der Waals surface area contributed by atoms with Crippen LogP contribution in [0, 0.1) is 13.8 Å². The number of ether oxygens (including phenoxy) is 1. The summed E-state index contributed by atoms with van der Waals surface area (Å²) in [7, 11) is 0. The average molecular weight is 290 g/mol. The maximum Gasteiger partial charge on any atom is 0.338 e. The predicted octanol–water partition coefficient (Wildman–Crippen LogP) is 3.90. The molecule has 0 aliphatic carbocycles. The van der Waals surface area contributed by atoms with Crippen molar-refractivity contribution in [2.45, 2.75) is 20.5 Å². The van der Waals surface area contributed by atoms with E-state index in [1.165, 1.54) is 6.07 Å². The molecule has 0 aliphatic heterocycles. The Kier molecular flexibility index (Phi) is 4.30. The molecule has 0 atom stereocenters. The molecule has 2 aromatic carbocycles. The van der Waals surface area contributed by atoms with Crippen molar-refractivity contribution >= 4 is 23.3 Å². The van der Waals surface area contributed by atoms with E-state index in [1.54, 1.807) is 12.1 Å². The minimum absolute atomic E-state index is 0.244. The van der Waals surface area contributed by atoms with Gasteiger partial charge in [-0.05, 0) is 43.2 Å². The van der Waals surface area contributed by atoms with Gasteiger partial charge in [-0.2, -0.15) is 0 Å². The molecule has 0 saturated carbocycles. The van der Waals surface area contributed by atoms with Crippen LogP contribution >= 0.6 is 11.6 Å². The lowest BCUT2D eigenvalue weighted by Gasteiger charge is -2.09. The van der Waals surface area contributed by atoms with E-state index in [9.17, 15) is 4.79 Å². The third-order valence-electron chi connectivity index (χ3n) is 3.10. The number of hydrogen-bond donors (Lipinski definition) is 1. The zero-order chi connectivity index (χ0) is 14.7. The molecule has 104 valence electrons. The molecule has 0 radical (unpaired) electrons. The highest BCUT2D eigenvalue weighted by Gasteiger charge is 2.10. The summed E-state index contributed by atoms with van der Waals surface area (Å²) in [4.78, 5) is 12.0. The van der Waals surface area contributed by atoms with E-state index in [-0.39, 0.29) is 6.61 Å². The number of esters is 1. The van der Waals surface area contributed by atoms with Gasteiger partial charge in [-0.25, -0.2) is 4.79 Å². The summed E-state index contributed by atoms with van der Waals surface area (Å²) in [6, 6.07) is 10.8. The number of carbonyl (C=O) groups excluding carboxylic acids is 1. The summed E-state index contributed by atoms with van der Waals surface area (Å²) in [5.41, 5.74) is 9.68. The highest BCUT2D eigenvalue weighted by molar-refractivity contribution is 6.33. The summed E-state index contributed by atoms with van der Waals surface area (Å²) < 4.78 is 5.31. The Balaban J connectivity index is 2.08. The SMILES string of the molecule is Cc1ccc(C)c(COC(=O)c2ccc(N)c(Cl)c2)c1. The first-order valence-electron chi connectivity index (χ1n) is 6.25. The number of benzene rings is 2. The molecule has 0 fully saturated rings. The first kappa shape index (κ1) is 14.4. The number of halogens is 1. The van der Waals surface area contributed by atoms with Crippen LogP contribution in [0.2, 0.25) is 5.02 Å². The van der Waals surface area contributed by atoms with Crippen molar-refractivity contribution in [1.82, 2.24) is 0 Å². The van der Waals surface area contributed by atoms with Crippen molar-refractivity contribution in [2.24, 2.45) is 0 Å². The smallest absolute Gasteiger partial charge is 0.338 e. The fraction of sp³-hybridized carbons (Fsp3) is 0.188. The minimum Gasteiger partial charge on any atom is -0.457 e. The zero-order valence-electron chi connectivity index (χ0n) is 11.4. The van der Waals surface area contributed by atoms with Crippen LogP contribution in [0.3, 0.4) is 0 Å². The normalized spacial score (nSPS) is 10.3. The van der Waals surface area contributed by atoms with E-state index in [1.807, 2.05) is 32.0 Å². The van der Waals surface area contributed by atoms with Crippen LogP contribution in [-0.2, 0) is 11.3 Å². The molecule has 0 spiro atoms. The summed E-state index contributed by atoms with van der Waals surface area (Å²) in [5, 5.41) is 0.353. The van der Waals surface area contributed by atoms with Crippen molar-refractivity contribution in [2.75, 3.05) is 5.73 Å². The molecule has 0 unspecified atom stereocenters. The van der Waals surface area contributed by atoms with Gasteiger partial charge in [0.2, 0.25) is 0 Å². The van der Waals surface area contributed by atoms with Crippen LogP contribution < -0.4 is 5.73 Å². The molecule has 2 rings (SSSR count). The first-order valence-corrected chi connectivity index (χ1v) is 6.63. The quantitative estimate of drug-likeness (QED) is 0.689. The number of nitrogen functional groups attached to an aromatic ring is 1. The van der Waals surface area contributed by atoms with Gasteiger partial charge in [0.05, 0.1) is 16.3 Å². The second kappa shape index (κ2) is 5.97. The minimum atomic E-state index is -0.409. The number of anilines is 1. The number of nitrogens with two attached hydrogens (primary N) is 1. The van der Waals surface area contributed by atoms with Gasteiger partial charge in [0.15, 0.2) is 0 Å². The first-order chi connectivity index (χ1) is 9.47. The maximum atomic E-state index is 12.0. The van der Waals surface area contributed by atoms with Crippen molar-refractivity contribution in [3.63, 3.8) is 0 Å². The lowest BCUT2D eigenvalue weighted by atomic mass is 10.1. The highest BCUT2D eigenvalue weighted by atomic mass is 35.5. The van der Waals surface area contributed by atoms with Crippen molar-refractivity contribution in [1.29, 1.82) is 0 Å². The lowest BCUT2D eigenvalue weighted by molar-refractivity contribution is 0.0472. The van der Waals surface area contributed by atoms with Crippen molar-refractivity contribution in [3.05, 3.63) is 63.7 Å². The second-order valence-corrected chi connectivity index (χ2v) is 5.15. The molecule has 0 bridgehead atoms. The molecule has 20 heavy (non-hydrogen) atoms. The number of carbonyl (C=O) groups is 1. The molecule has 0 aromatic heterocycles. The van der Waals surface area contributed by atoms with Gasteiger partial charge in [-0.3, -0.25) is 0 Å². The fourth-order valence-corrected chi connectivity index (χ4v) is 2.02. The van der Waals surface area contributed by atoms with E-state index < -0.39 is 5.97 Å². The van der Waals surface area contributed by atoms with Crippen LogP contribution in [0.5, 0.6) is 0 Å². The Hall–Kier alpha value is -2.00. The molecule has 0 aliphatic rings. The average Bonchev–Trinajstić information content (AvgIpc) is 2.42. The van der Waals surface area contributed by atoms with Gasteiger partial charge in [0.25, 0.3) is 0 Å². The van der Waals surface area contributed by atoms with Crippen LogP contribution in [0.15, 0.2) is 36.4 Å². The molecular formula is C16H16ClNO2. The summed E-state index contributed by atoms with van der Waals surface area (Å²) >= 11 is 5.89. The van der Waals surface area contributed by atoms with Gasteiger partial charge in [0.1, 0.15) is 6.61 Å². The predicted molar refractivity (Wildman–Crippen MR) is 80.9 cm³/mol. The van der Waals surface area contributed by atoms with E-state index in [0.29, 0.717) is 16.3 Å². The molecule has 0 heterocycles. The van der Waals surface area contributed by atoms with Crippen LogP contribution in [0.1, 0.15) is 27.0 Å². The largest absolute Gasteiger partial charge is 0.457 e. The lowest BCUT2D eigenvalue weighted by Crippen LogP contribution is -2.06. The van der Waals surface area contributed by atoms with Crippen LogP contribution in [0.4, 0.5) is 5.69 Å². The zero-order valence-corrected chi connectivity index (χ0v) is 12.2. The van der Waals surface area contributed by atoms with Crippen molar-refractivity contribution < 1.29 is 9.53 Å². The second-order valence-electron chi connectivity index (χ2n) is 4.74. The van der Waals surface area contributed by atoms with E-state index in [2.05, 4.69) is 0 Å². The maximum absolute atomic E-state index is 12.0. The molecule has 0 saturated heterocycles. The van der Waals surface area contributed by atoms with E-state index in [0.717, 1.165) is 16.7 Å². The number of aryl methyl sites for hydroxylation is 2. The molecule has 4 heteroatoms. The van der Waals surface area contributed by atoms with Gasteiger partial charge in [0, 0.05) is 0 Å². The Bertz CT molecular complexity index is 653. The Morgan fingerprint density at radius 1 is 1.20 bits per heavy atom. The Morgan fingerprint density at radius 2 is 1.95 bits per heavy atom. The number of hydrogen-bond acceptors (Lipinski definition) is 3. The van der Waals surface area contributed by atoms with E-state index in [4.69, 9.17) is 22.1 Å².